The maximum absolute atomic E-state index is 6.62. The lowest BCUT2D eigenvalue weighted by Crippen LogP contribution is -2.48. The molecule has 2 rings (SSSR count). The average molecular weight is 231 g/mol. The van der Waals surface area contributed by atoms with Gasteiger partial charge >= 0.3 is 0 Å². The van der Waals surface area contributed by atoms with Gasteiger partial charge in [0.15, 0.2) is 0 Å². The highest BCUT2D eigenvalue weighted by atomic mass is 14.8. The fourth-order valence-electron chi connectivity index (χ4n) is 3.43. The monoisotopic (exact) mass is 231 g/mol. The number of aryl methyl sites for hydroxylation is 1. The van der Waals surface area contributed by atoms with Crippen molar-refractivity contribution in [1.29, 1.82) is 0 Å². The largest absolute Gasteiger partial charge is 0.325 e. The van der Waals surface area contributed by atoms with E-state index in [1.807, 2.05) is 0 Å². The number of rotatable bonds is 2. The lowest BCUT2D eigenvalue weighted by atomic mass is 9.66. The van der Waals surface area contributed by atoms with Gasteiger partial charge in [-0.2, -0.15) is 0 Å². The summed E-state index contributed by atoms with van der Waals surface area (Å²) in [5.41, 5.74) is 9.77. The van der Waals surface area contributed by atoms with Gasteiger partial charge in [0.25, 0.3) is 0 Å². The molecule has 1 aliphatic carbocycles. The Labute approximate surface area is 105 Å². The molecule has 1 aliphatic rings. The van der Waals surface area contributed by atoms with Crippen LogP contribution in [0.3, 0.4) is 0 Å². The number of hydrogen-bond acceptors (Lipinski definition) is 1. The quantitative estimate of drug-likeness (QED) is 0.822. The van der Waals surface area contributed by atoms with Crippen molar-refractivity contribution in [1.82, 2.24) is 0 Å². The van der Waals surface area contributed by atoms with Crippen molar-refractivity contribution in [3.8, 4) is 0 Å². The van der Waals surface area contributed by atoms with Crippen molar-refractivity contribution in [2.45, 2.75) is 58.4 Å². The number of nitrogens with two attached hydrogens (primary N) is 1. The summed E-state index contributed by atoms with van der Waals surface area (Å²) in [6.45, 7) is 6.85. The van der Waals surface area contributed by atoms with Crippen molar-refractivity contribution in [2.75, 3.05) is 0 Å². The average Bonchev–Trinajstić information content (AvgIpc) is 2.14. The minimum atomic E-state index is 0.00947. The summed E-state index contributed by atoms with van der Waals surface area (Å²) in [5.74, 6) is 0. The molecule has 1 nitrogen and oxygen atoms in total. The third-order valence-corrected chi connectivity index (χ3v) is 4.00. The maximum atomic E-state index is 6.62. The minimum absolute atomic E-state index is 0.00947. The maximum Gasteiger partial charge on any atom is 0.0200 e. The molecule has 1 saturated carbocycles. The summed E-state index contributed by atoms with van der Waals surface area (Å²) in [6, 6.07) is 8.78. The Kier molecular flexibility index (Phi) is 3.31. The van der Waals surface area contributed by atoms with Gasteiger partial charge < -0.3 is 5.73 Å². The van der Waals surface area contributed by atoms with Crippen LogP contribution in [0.1, 0.15) is 50.7 Å². The highest BCUT2D eigenvalue weighted by Gasteiger charge is 2.36. The van der Waals surface area contributed by atoms with Crippen LogP contribution in [-0.2, 0) is 6.42 Å². The van der Waals surface area contributed by atoms with E-state index in [1.165, 1.54) is 30.4 Å². The molecule has 94 valence electrons. The van der Waals surface area contributed by atoms with Crippen molar-refractivity contribution < 1.29 is 0 Å². The molecule has 1 atom stereocenters. The van der Waals surface area contributed by atoms with E-state index in [4.69, 9.17) is 5.73 Å². The van der Waals surface area contributed by atoms with Crippen molar-refractivity contribution in [3.63, 3.8) is 0 Å². The van der Waals surface area contributed by atoms with Gasteiger partial charge in [-0.25, -0.2) is 0 Å². The zero-order chi connectivity index (χ0) is 12.5. The van der Waals surface area contributed by atoms with Crippen LogP contribution in [0.4, 0.5) is 0 Å². The Morgan fingerprint density at radius 1 is 1.24 bits per heavy atom. The Hall–Kier alpha value is -0.820. The molecule has 1 aromatic carbocycles. The Morgan fingerprint density at radius 3 is 2.65 bits per heavy atom. The standard InChI is InChI=1S/C16H25N/c1-13-6-4-7-14(10-13)11-16(17)9-5-8-15(2,3)12-16/h4,6-7,10H,5,8-9,11-12,17H2,1-3H3. The van der Waals surface area contributed by atoms with Crippen LogP contribution in [0, 0.1) is 12.3 Å². The molecule has 0 radical (unpaired) electrons. The first-order chi connectivity index (χ1) is 7.89. The van der Waals surface area contributed by atoms with Crippen molar-refractivity contribution >= 4 is 0 Å². The highest BCUT2D eigenvalue weighted by Crippen LogP contribution is 2.41. The van der Waals surface area contributed by atoms with Crippen LogP contribution in [0.2, 0.25) is 0 Å². The van der Waals surface area contributed by atoms with Gasteiger partial charge in [-0.1, -0.05) is 50.1 Å². The lowest BCUT2D eigenvalue weighted by molar-refractivity contribution is 0.151. The van der Waals surface area contributed by atoms with Gasteiger partial charge in [-0.3, -0.25) is 0 Å². The van der Waals surface area contributed by atoms with E-state index >= 15 is 0 Å². The Morgan fingerprint density at radius 2 is 2.00 bits per heavy atom. The lowest BCUT2D eigenvalue weighted by Gasteiger charge is -2.42. The molecule has 0 bridgehead atoms. The molecular formula is C16H25N. The second-order valence-corrected chi connectivity index (χ2v) is 6.72. The van der Waals surface area contributed by atoms with Gasteiger partial charge in [0.2, 0.25) is 0 Å². The first-order valence-electron chi connectivity index (χ1n) is 6.73. The molecule has 0 heterocycles. The first kappa shape index (κ1) is 12.6. The topological polar surface area (TPSA) is 26.0 Å². The second-order valence-electron chi connectivity index (χ2n) is 6.72. The molecule has 0 amide bonds. The van der Waals surface area contributed by atoms with Crippen molar-refractivity contribution in [3.05, 3.63) is 35.4 Å². The smallest absolute Gasteiger partial charge is 0.0200 e. The summed E-state index contributed by atoms with van der Waals surface area (Å²) in [7, 11) is 0. The van der Waals surface area contributed by atoms with Crippen LogP contribution >= 0.6 is 0 Å². The van der Waals surface area contributed by atoms with Gasteiger partial charge in [0, 0.05) is 5.54 Å². The normalized spacial score (nSPS) is 28.0. The van der Waals surface area contributed by atoms with E-state index in [1.54, 1.807) is 0 Å². The summed E-state index contributed by atoms with van der Waals surface area (Å²) < 4.78 is 0. The number of hydrogen-bond donors (Lipinski definition) is 1. The van der Waals surface area contributed by atoms with Crippen molar-refractivity contribution in [2.24, 2.45) is 11.1 Å². The van der Waals surface area contributed by atoms with E-state index in [2.05, 4.69) is 45.0 Å². The SMILES string of the molecule is Cc1cccc(CC2(N)CCCC(C)(C)C2)c1. The first-order valence-corrected chi connectivity index (χ1v) is 6.73. The molecule has 1 aromatic rings. The third-order valence-electron chi connectivity index (χ3n) is 4.00. The summed E-state index contributed by atoms with van der Waals surface area (Å²) in [5, 5.41) is 0. The predicted octanol–water partition coefficient (Wildman–Crippen LogP) is 3.84. The van der Waals surface area contributed by atoms with E-state index in [0.29, 0.717) is 5.41 Å². The molecule has 1 heteroatoms. The van der Waals surface area contributed by atoms with Crippen LogP contribution in [0.15, 0.2) is 24.3 Å². The Bertz CT molecular complexity index is 394. The second kappa shape index (κ2) is 4.45. The van der Waals surface area contributed by atoms with Gasteiger partial charge in [0.05, 0.1) is 0 Å². The molecule has 0 aromatic heterocycles. The molecule has 1 unspecified atom stereocenters. The zero-order valence-corrected chi connectivity index (χ0v) is 11.4. The molecule has 17 heavy (non-hydrogen) atoms. The molecule has 0 aliphatic heterocycles. The zero-order valence-electron chi connectivity index (χ0n) is 11.4. The third kappa shape index (κ3) is 3.32. The summed E-state index contributed by atoms with van der Waals surface area (Å²) >= 11 is 0. The van der Waals surface area contributed by atoms with Crippen LogP contribution in [-0.4, -0.2) is 5.54 Å². The molecule has 0 saturated heterocycles. The molecule has 1 fully saturated rings. The van der Waals surface area contributed by atoms with E-state index in [0.717, 1.165) is 12.8 Å². The predicted molar refractivity (Wildman–Crippen MR) is 74.1 cm³/mol. The van der Waals surface area contributed by atoms with Crippen LogP contribution in [0.25, 0.3) is 0 Å². The Balaban J connectivity index is 2.12. The summed E-state index contributed by atoms with van der Waals surface area (Å²) in [4.78, 5) is 0. The minimum Gasteiger partial charge on any atom is -0.325 e. The number of benzene rings is 1. The van der Waals surface area contributed by atoms with Gasteiger partial charge in [-0.05, 0) is 43.6 Å². The fourth-order valence-corrected chi connectivity index (χ4v) is 3.43. The molecule has 2 N–H and O–H groups in total. The van der Waals surface area contributed by atoms with E-state index < -0.39 is 0 Å². The van der Waals surface area contributed by atoms with Crippen LogP contribution < -0.4 is 5.73 Å². The fraction of sp³-hybridized carbons (Fsp3) is 0.625. The highest BCUT2D eigenvalue weighted by molar-refractivity contribution is 5.24. The summed E-state index contributed by atoms with van der Waals surface area (Å²) in [6.07, 6.45) is 5.94. The van der Waals surface area contributed by atoms with Gasteiger partial charge in [-0.15, -0.1) is 0 Å². The van der Waals surface area contributed by atoms with Crippen LogP contribution in [0.5, 0.6) is 0 Å². The van der Waals surface area contributed by atoms with E-state index in [9.17, 15) is 0 Å². The van der Waals surface area contributed by atoms with E-state index in [-0.39, 0.29) is 5.54 Å². The van der Waals surface area contributed by atoms with Gasteiger partial charge in [0.1, 0.15) is 0 Å². The molecule has 0 spiro atoms. The molecular weight excluding hydrogens is 206 g/mol.